The predicted octanol–water partition coefficient (Wildman–Crippen LogP) is 2.64. The molecular weight excluding hydrogens is 194 g/mol. The number of hydrogen-bond acceptors (Lipinski definition) is 4. The van der Waals surface area contributed by atoms with Crippen molar-refractivity contribution in [2.75, 3.05) is 11.9 Å². The zero-order chi connectivity index (χ0) is 9.80. The van der Waals surface area contributed by atoms with E-state index >= 15 is 0 Å². The Morgan fingerprint density at radius 1 is 1.43 bits per heavy atom. The molecule has 0 fully saturated rings. The number of anilines is 1. The van der Waals surface area contributed by atoms with Crippen molar-refractivity contribution in [2.45, 2.75) is 6.92 Å². The maximum Gasteiger partial charge on any atom is 0.147 e. The summed E-state index contributed by atoms with van der Waals surface area (Å²) in [6, 6.07) is 8.20. The first kappa shape index (κ1) is 9.15. The lowest BCUT2D eigenvalue weighted by atomic mass is 10.2. The second-order valence-corrected chi connectivity index (χ2v) is 3.69. The summed E-state index contributed by atoms with van der Waals surface area (Å²) in [5, 5.41) is 12.1. The van der Waals surface area contributed by atoms with E-state index in [1.54, 1.807) is 16.8 Å². The molecule has 14 heavy (non-hydrogen) atoms. The highest BCUT2D eigenvalue weighted by Crippen LogP contribution is 2.23. The van der Waals surface area contributed by atoms with Crippen LogP contribution in [0.2, 0.25) is 0 Å². The molecule has 72 valence electrons. The SMILES string of the molecule is CCNc1cccc(-c2nncs2)c1. The molecule has 0 spiro atoms. The molecule has 3 nitrogen and oxygen atoms in total. The van der Waals surface area contributed by atoms with Gasteiger partial charge in [-0.15, -0.1) is 10.2 Å². The molecule has 2 aromatic rings. The predicted molar refractivity (Wildman–Crippen MR) is 59.5 cm³/mol. The van der Waals surface area contributed by atoms with Gasteiger partial charge < -0.3 is 5.32 Å². The molecule has 1 aromatic heterocycles. The number of benzene rings is 1. The number of hydrogen-bond donors (Lipinski definition) is 1. The Balaban J connectivity index is 2.31. The van der Waals surface area contributed by atoms with Gasteiger partial charge >= 0.3 is 0 Å². The maximum absolute atomic E-state index is 4.03. The lowest BCUT2D eigenvalue weighted by molar-refractivity contribution is 1.09. The van der Waals surface area contributed by atoms with Crippen LogP contribution in [0, 0.1) is 0 Å². The smallest absolute Gasteiger partial charge is 0.147 e. The second kappa shape index (κ2) is 4.19. The third kappa shape index (κ3) is 1.90. The van der Waals surface area contributed by atoms with E-state index in [-0.39, 0.29) is 0 Å². The number of nitrogens with zero attached hydrogens (tertiary/aromatic N) is 2. The van der Waals surface area contributed by atoms with Gasteiger partial charge in [0.1, 0.15) is 10.5 Å². The summed E-state index contributed by atoms with van der Waals surface area (Å²) in [6.45, 7) is 3.01. The van der Waals surface area contributed by atoms with Crippen LogP contribution in [0.4, 0.5) is 5.69 Å². The summed E-state index contributed by atoms with van der Waals surface area (Å²) in [7, 11) is 0. The van der Waals surface area contributed by atoms with Crippen LogP contribution in [0.5, 0.6) is 0 Å². The number of aromatic nitrogens is 2. The quantitative estimate of drug-likeness (QED) is 0.837. The Morgan fingerprint density at radius 2 is 2.36 bits per heavy atom. The van der Waals surface area contributed by atoms with Crippen LogP contribution in [0.25, 0.3) is 10.6 Å². The Morgan fingerprint density at radius 3 is 3.07 bits per heavy atom. The molecular formula is C10H11N3S. The summed E-state index contributed by atoms with van der Waals surface area (Å²) >= 11 is 1.55. The Hall–Kier alpha value is -1.42. The van der Waals surface area contributed by atoms with E-state index in [4.69, 9.17) is 0 Å². The van der Waals surface area contributed by atoms with E-state index in [0.29, 0.717) is 0 Å². The molecule has 0 amide bonds. The van der Waals surface area contributed by atoms with Crippen LogP contribution >= 0.6 is 11.3 Å². The van der Waals surface area contributed by atoms with Gasteiger partial charge in [0.15, 0.2) is 0 Å². The monoisotopic (exact) mass is 205 g/mol. The molecule has 0 saturated carbocycles. The van der Waals surface area contributed by atoms with Gasteiger partial charge in [-0.3, -0.25) is 0 Å². The van der Waals surface area contributed by atoms with E-state index < -0.39 is 0 Å². The minimum Gasteiger partial charge on any atom is -0.385 e. The average Bonchev–Trinajstić information content (AvgIpc) is 2.71. The minimum atomic E-state index is 0.930. The molecule has 0 radical (unpaired) electrons. The first-order valence-electron chi connectivity index (χ1n) is 4.50. The van der Waals surface area contributed by atoms with Crippen molar-refractivity contribution in [1.82, 2.24) is 10.2 Å². The van der Waals surface area contributed by atoms with E-state index in [1.807, 2.05) is 18.2 Å². The van der Waals surface area contributed by atoms with E-state index in [0.717, 1.165) is 22.8 Å². The molecule has 4 heteroatoms. The maximum atomic E-state index is 4.03. The van der Waals surface area contributed by atoms with Crippen molar-refractivity contribution >= 4 is 17.0 Å². The normalized spacial score (nSPS) is 10.1. The molecule has 0 aliphatic carbocycles. The molecule has 0 saturated heterocycles. The molecule has 2 rings (SSSR count). The van der Waals surface area contributed by atoms with Crippen molar-refractivity contribution in [2.24, 2.45) is 0 Å². The largest absolute Gasteiger partial charge is 0.385 e. The van der Waals surface area contributed by atoms with Crippen molar-refractivity contribution in [3.63, 3.8) is 0 Å². The molecule has 0 aliphatic rings. The molecule has 0 aliphatic heterocycles. The molecule has 0 atom stereocenters. The molecule has 1 heterocycles. The first-order chi connectivity index (χ1) is 6.90. The van der Waals surface area contributed by atoms with Gasteiger partial charge in [-0.05, 0) is 19.1 Å². The number of rotatable bonds is 3. The van der Waals surface area contributed by atoms with Gasteiger partial charge in [-0.1, -0.05) is 23.5 Å². The van der Waals surface area contributed by atoms with Crippen LogP contribution in [-0.2, 0) is 0 Å². The third-order valence-corrected chi connectivity index (χ3v) is 2.59. The Labute approximate surface area is 86.8 Å². The first-order valence-corrected chi connectivity index (χ1v) is 5.38. The van der Waals surface area contributed by atoms with Gasteiger partial charge in [-0.2, -0.15) is 0 Å². The fourth-order valence-electron chi connectivity index (χ4n) is 1.27. The zero-order valence-corrected chi connectivity index (χ0v) is 8.71. The number of nitrogens with one attached hydrogen (secondary N) is 1. The van der Waals surface area contributed by atoms with Gasteiger partial charge in [-0.25, -0.2) is 0 Å². The van der Waals surface area contributed by atoms with Crippen molar-refractivity contribution in [3.8, 4) is 10.6 Å². The summed E-state index contributed by atoms with van der Waals surface area (Å²) in [5.41, 5.74) is 3.99. The summed E-state index contributed by atoms with van der Waals surface area (Å²) < 4.78 is 0. The van der Waals surface area contributed by atoms with Crippen LogP contribution in [0.1, 0.15) is 6.92 Å². The minimum absolute atomic E-state index is 0.930. The van der Waals surface area contributed by atoms with Gasteiger partial charge in [0.25, 0.3) is 0 Å². The van der Waals surface area contributed by atoms with E-state index in [9.17, 15) is 0 Å². The summed E-state index contributed by atoms with van der Waals surface area (Å²) in [5.74, 6) is 0. The average molecular weight is 205 g/mol. The molecule has 0 unspecified atom stereocenters. The van der Waals surface area contributed by atoms with Gasteiger partial charge in [0, 0.05) is 17.8 Å². The molecule has 1 N–H and O–H groups in total. The highest BCUT2D eigenvalue weighted by atomic mass is 32.1. The van der Waals surface area contributed by atoms with E-state index in [1.165, 1.54) is 0 Å². The third-order valence-electron chi connectivity index (χ3n) is 1.85. The topological polar surface area (TPSA) is 37.8 Å². The fraction of sp³-hybridized carbons (Fsp3) is 0.200. The van der Waals surface area contributed by atoms with Gasteiger partial charge in [0.2, 0.25) is 0 Å². The fourth-order valence-corrected chi connectivity index (χ4v) is 1.82. The van der Waals surface area contributed by atoms with Crippen LogP contribution < -0.4 is 5.32 Å². The van der Waals surface area contributed by atoms with Crippen molar-refractivity contribution < 1.29 is 0 Å². The summed E-state index contributed by atoms with van der Waals surface area (Å²) in [6.07, 6.45) is 0. The van der Waals surface area contributed by atoms with Crippen LogP contribution in [0.15, 0.2) is 29.8 Å². The standard InChI is InChI=1S/C10H11N3S/c1-2-11-9-5-3-4-8(6-9)10-13-12-7-14-10/h3-7,11H,2H2,1H3. The lowest BCUT2D eigenvalue weighted by Crippen LogP contribution is -1.95. The lowest BCUT2D eigenvalue weighted by Gasteiger charge is -2.03. The second-order valence-electron chi connectivity index (χ2n) is 2.86. The molecule has 0 bridgehead atoms. The highest BCUT2D eigenvalue weighted by Gasteiger charge is 2.01. The van der Waals surface area contributed by atoms with E-state index in [2.05, 4.69) is 28.5 Å². The zero-order valence-electron chi connectivity index (χ0n) is 7.90. The van der Waals surface area contributed by atoms with Crippen molar-refractivity contribution in [3.05, 3.63) is 29.8 Å². The van der Waals surface area contributed by atoms with Crippen LogP contribution in [-0.4, -0.2) is 16.7 Å². The van der Waals surface area contributed by atoms with Crippen molar-refractivity contribution in [1.29, 1.82) is 0 Å². The van der Waals surface area contributed by atoms with Gasteiger partial charge in [0.05, 0.1) is 0 Å². The Bertz CT molecular complexity index is 398. The summed E-state index contributed by atoms with van der Waals surface area (Å²) in [4.78, 5) is 0. The Kier molecular flexibility index (Phi) is 2.74. The van der Waals surface area contributed by atoms with Crippen LogP contribution in [0.3, 0.4) is 0 Å². The molecule has 1 aromatic carbocycles. The highest BCUT2D eigenvalue weighted by molar-refractivity contribution is 7.12.